The molecule has 1 N–H and O–H groups in total. The SMILES string of the molecule is Cc1ccc2c(ccn2-c2cncc(N3CCN(C(=O)OC(C)(C)C)CC3)n2)c1.N=O. The summed E-state index contributed by atoms with van der Waals surface area (Å²) >= 11 is 0. The van der Waals surface area contributed by atoms with Gasteiger partial charge >= 0.3 is 6.09 Å². The fraction of sp³-hybridized carbons (Fsp3) is 0.409. The highest BCUT2D eigenvalue weighted by Crippen LogP contribution is 2.22. The molecule has 1 aromatic carbocycles. The minimum absolute atomic E-state index is 0.258. The van der Waals surface area contributed by atoms with E-state index in [0.29, 0.717) is 26.2 Å². The third-order valence-corrected chi connectivity index (χ3v) is 4.96. The molecule has 0 atom stereocenters. The number of ether oxygens (including phenoxy) is 1. The molecule has 0 unspecified atom stereocenters. The van der Waals surface area contributed by atoms with Crippen LogP contribution in [0.2, 0.25) is 0 Å². The van der Waals surface area contributed by atoms with Gasteiger partial charge < -0.3 is 14.5 Å². The smallest absolute Gasteiger partial charge is 0.410 e. The Morgan fingerprint density at radius 1 is 1.03 bits per heavy atom. The van der Waals surface area contributed by atoms with Gasteiger partial charge in [-0.2, -0.15) is 4.91 Å². The van der Waals surface area contributed by atoms with Crippen LogP contribution < -0.4 is 4.90 Å². The molecular weight excluding hydrogens is 396 g/mol. The maximum Gasteiger partial charge on any atom is 0.410 e. The summed E-state index contributed by atoms with van der Waals surface area (Å²) in [5.74, 6) is 1.61. The lowest BCUT2D eigenvalue weighted by molar-refractivity contribution is 0.0240. The van der Waals surface area contributed by atoms with Crippen molar-refractivity contribution in [2.24, 2.45) is 0 Å². The Hall–Kier alpha value is -3.49. The van der Waals surface area contributed by atoms with Crippen LogP contribution in [0.3, 0.4) is 0 Å². The largest absolute Gasteiger partial charge is 0.444 e. The molecule has 9 heteroatoms. The van der Waals surface area contributed by atoms with E-state index in [9.17, 15) is 4.79 Å². The number of nitroso groups, excluding NO2 is 1. The van der Waals surface area contributed by atoms with Gasteiger partial charge in [0.2, 0.25) is 0 Å². The number of rotatable bonds is 2. The highest BCUT2D eigenvalue weighted by molar-refractivity contribution is 5.82. The molecule has 1 fully saturated rings. The molecule has 31 heavy (non-hydrogen) atoms. The van der Waals surface area contributed by atoms with Crippen LogP contribution in [-0.2, 0) is 4.74 Å². The van der Waals surface area contributed by atoms with E-state index in [-0.39, 0.29) is 6.09 Å². The monoisotopic (exact) mass is 424 g/mol. The minimum Gasteiger partial charge on any atom is -0.444 e. The van der Waals surface area contributed by atoms with Crippen molar-refractivity contribution in [3.05, 3.63) is 53.3 Å². The van der Waals surface area contributed by atoms with E-state index in [1.165, 1.54) is 10.9 Å². The Morgan fingerprint density at radius 2 is 1.71 bits per heavy atom. The fourth-order valence-corrected chi connectivity index (χ4v) is 3.52. The number of aryl methyl sites for hydroxylation is 1. The number of hydrogen-bond donors (Lipinski definition) is 1. The van der Waals surface area contributed by atoms with Crippen molar-refractivity contribution in [3.8, 4) is 5.82 Å². The van der Waals surface area contributed by atoms with E-state index < -0.39 is 5.60 Å². The van der Waals surface area contributed by atoms with Crippen molar-refractivity contribution in [1.82, 2.24) is 19.4 Å². The minimum atomic E-state index is -0.480. The Morgan fingerprint density at radius 3 is 2.39 bits per heavy atom. The summed E-state index contributed by atoms with van der Waals surface area (Å²) < 4.78 is 7.53. The summed E-state index contributed by atoms with van der Waals surface area (Å²) in [7, 11) is 0. The first-order valence-electron chi connectivity index (χ1n) is 10.1. The molecule has 1 saturated heterocycles. The number of carbonyl (C=O) groups excluding carboxylic acids is 1. The van der Waals surface area contributed by atoms with Crippen LogP contribution in [0.15, 0.2) is 42.9 Å². The van der Waals surface area contributed by atoms with Crippen molar-refractivity contribution in [2.45, 2.75) is 33.3 Å². The van der Waals surface area contributed by atoms with Crippen molar-refractivity contribution in [2.75, 3.05) is 31.1 Å². The van der Waals surface area contributed by atoms with E-state index in [2.05, 4.69) is 51.2 Å². The summed E-state index contributed by atoms with van der Waals surface area (Å²) in [6.45, 7) is 10.3. The Balaban J connectivity index is 0.00000132. The molecule has 1 aliphatic rings. The molecule has 4 rings (SSSR count). The maximum absolute atomic E-state index is 12.3. The predicted octanol–water partition coefficient (Wildman–Crippen LogP) is 4.12. The second kappa shape index (κ2) is 9.11. The number of nitrogens with one attached hydrogen (secondary N) is 1. The zero-order valence-corrected chi connectivity index (χ0v) is 18.3. The first-order chi connectivity index (χ1) is 14.8. The topological polar surface area (TPSA) is 104 Å². The molecule has 0 bridgehead atoms. The van der Waals surface area contributed by atoms with Crippen molar-refractivity contribution in [3.63, 3.8) is 0 Å². The molecule has 0 saturated carbocycles. The molecule has 0 spiro atoms. The number of nitrogens with zero attached hydrogens (tertiary/aromatic N) is 5. The number of carbonyl (C=O) groups is 1. The molecule has 0 aliphatic carbocycles. The van der Waals surface area contributed by atoms with Gasteiger partial charge in [-0.25, -0.2) is 9.78 Å². The molecule has 3 heterocycles. The van der Waals surface area contributed by atoms with Gasteiger partial charge in [0.05, 0.1) is 17.9 Å². The van der Waals surface area contributed by atoms with Crippen molar-refractivity contribution < 1.29 is 9.53 Å². The Labute approximate surface area is 181 Å². The molecule has 164 valence electrons. The van der Waals surface area contributed by atoms with Crippen LogP contribution in [-0.4, -0.2) is 57.3 Å². The second-order valence-electron chi connectivity index (χ2n) is 8.44. The standard InChI is InChI=1S/C22H27N5O2.HNO/c1-16-5-6-18-17(13-16)7-8-27(18)20-15-23-14-19(24-20)25-9-11-26(12-10-25)21(28)29-22(2,3)4;1-2/h5-8,13-15H,9-12H2,1-4H3;1H. The lowest BCUT2D eigenvalue weighted by atomic mass is 10.2. The third kappa shape index (κ3) is 5.17. The zero-order chi connectivity index (χ0) is 22.6. The predicted molar refractivity (Wildman–Crippen MR) is 120 cm³/mol. The van der Waals surface area contributed by atoms with Gasteiger partial charge in [-0.05, 0) is 45.9 Å². The average molecular weight is 425 g/mol. The van der Waals surface area contributed by atoms with Crippen molar-refractivity contribution >= 4 is 22.8 Å². The van der Waals surface area contributed by atoms with E-state index >= 15 is 0 Å². The number of amides is 1. The maximum atomic E-state index is 12.3. The highest BCUT2D eigenvalue weighted by Gasteiger charge is 2.26. The summed E-state index contributed by atoms with van der Waals surface area (Å²) in [6.07, 6.45) is 5.33. The summed E-state index contributed by atoms with van der Waals surface area (Å²) in [4.78, 5) is 32.9. The molecular formula is C22H28N6O3. The van der Waals surface area contributed by atoms with Gasteiger partial charge in [-0.3, -0.25) is 9.55 Å². The van der Waals surface area contributed by atoms with E-state index in [4.69, 9.17) is 14.6 Å². The number of hydrogen-bond acceptors (Lipinski definition) is 7. The second-order valence-corrected chi connectivity index (χ2v) is 8.44. The number of aromatic nitrogens is 3. The van der Waals surface area contributed by atoms with E-state index in [0.717, 1.165) is 17.2 Å². The molecule has 9 nitrogen and oxygen atoms in total. The van der Waals surface area contributed by atoms with Gasteiger partial charge in [0.25, 0.3) is 0 Å². The average Bonchev–Trinajstić information content (AvgIpc) is 3.17. The first-order valence-corrected chi connectivity index (χ1v) is 10.1. The molecule has 1 amide bonds. The van der Waals surface area contributed by atoms with Gasteiger partial charge in [0.15, 0.2) is 5.82 Å². The molecule has 0 radical (unpaired) electrons. The molecule has 1 aliphatic heterocycles. The summed E-state index contributed by atoms with van der Waals surface area (Å²) in [5.41, 5.74) is 6.36. The Bertz CT molecular complexity index is 1050. The molecule has 3 aromatic rings. The zero-order valence-electron chi connectivity index (χ0n) is 18.3. The number of piperazine rings is 1. The fourth-order valence-electron chi connectivity index (χ4n) is 3.52. The van der Waals surface area contributed by atoms with Crippen LogP contribution in [0.25, 0.3) is 16.7 Å². The van der Waals surface area contributed by atoms with Crippen LogP contribution in [0.1, 0.15) is 26.3 Å². The van der Waals surface area contributed by atoms with Gasteiger partial charge in [0, 0.05) is 37.8 Å². The highest BCUT2D eigenvalue weighted by atomic mass is 16.6. The summed E-state index contributed by atoms with van der Waals surface area (Å²) in [6, 6.07) is 8.47. The van der Waals surface area contributed by atoms with Crippen LogP contribution >= 0.6 is 0 Å². The van der Waals surface area contributed by atoms with Gasteiger partial charge in [0.1, 0.15) is 11.4 Å². The van der Waals surface area contributed by atoms with Crippen LogP contribution in [0.4, 0.5) is 10.6 Å². The van der Waals surface area contributed by atoms with Crippen LogP contribution in [0, 0.1) is 17.4 Å². The van der Waals surface area contributed by atoms with Crippen molar-refractivity contribution in [1.29, 1.82) is 5.59 Å². The number of fused-ring (bicyclic) bond motifs is 1. The number of anilines is 1. The lowest BCUT2D eigenvalue weighted by Crippen LogP contribution is -2.50. The Kier molecular flexibility index (Phi) is 6.53. The number of benzene rings is 1. The van der Waals surface area contributed by atoms with E-state index in [1.807, 2.05) is 27.0 Å². The van der Waals surface area contributed by atoms with E-state index in [1.54, 1.807) is 17.3 Å². The van der Waals surface area contributed by atoms with Crippen LogP contribution in [0.5, 0.6) is 0 Å². The lowest BCUT2D eigenvalue weighted by Gasteiger charge is -2.36. The first kappa shape index (κ1) is 22.2. The summed E-state index contributed by atoms with van der Waals surface area (Å²) in [5, 5.41) is 1.18. The quantitative estimate of drug-likeness (QED) is 0.621. The normalized spacial score (nSPS) is 14.2. The van der Waals surface area contributed by atoms with Gasteiger partial charge in [-0.15, -0.1) is 0 Å². The third-order valence-electron chi connectivity index (χ3n) is 4.96. The van der Waals surface area contributed by atoms with Gasteiger partial charge in [-0.1, -0.05) is 17.2 Å². The molecule has 2 aromatic heterocycles.